The van der Waals surface area contributed by atoms with Crippen molar-refractivity contribution in [2.45, 2.75) is 40.0 Å². The third-order valence-electron chi connectivity index (χ3n) is 5.46. The highest BCUT2D eigenvalue weighted by Gasteiger charge is 2.54. The number of fused-ring (bicyclic) bond motifs is 3. The smallest absolute Gasteiger partial charge is 0.156 e. The summed E-state index contributed by atoms with van der Waals surface area (Å²) in [6, 6.07) is 0. The molecule has 3 rings (SSSR count). The first-order valence-electron chi connectivity index (χ1n) is 7.83. The molecule has 0 unspecified atom stereocenters. The van der Waals surface area contributed by atoms with Crippen LogP contribution in [-0.4, -0.2) is 20.8 Å². The van der Waals surface area contributed by atoms with Crippen LogP contribution in [0.1, 0.15) is 40.0 Å². The van der Waals surface area contributed by atoms with Crippen LogP contribution in [0.25, 0.3) is 0 Å². The molecule has 0 amide bonds. The molecule has 0 aromatic rings. The van der Waals surface area contributed by atoms with E-state index in [1.54, 1.807) is 14.2 Å². The highest BCUT2D eigenvalue weighted by molar-refractivity contribution is 5.46. The molecule has 2 aliphatic carbocycles. The molecule has 116 valence electrons. The number of allylic oxidation sites excluding steroid dienone is 4. The van der Waals surface area contributed by atoms with E-state index in [1.165, 1.54) is 5.57 Å². The van der Waals surface area contributed by atoms with Crippen molar-refractivity contribution < 1.29 is 14.2 Å². The van der Waals surface area contributed by atoms with Gasteiger partial charge in [-0.3, -0.25) is 0 Å². The molecule has 1 heterocycles. The van der Waals surface area contributed by atoms with Crippen molar-refractivity contribution >= 4 is 0 Å². The van der Waals surface area contributed by atoms with Gasteiger partial charge in [-0.25, -0.2) is 0 Å². The lowest BCUT2D eigenvalue weighted by Crippen LogP contribution is -2.45. The lowest BCUT2D eigenvalue weighted by atomic mass is 9.55. The quantitative estimate of drug-likeness (QED) is 0.763. The van der Waals surface area contributed by atoms with Gasteiger partial charge in [0.25, 0.3) is 0 Å². The van der Waals surface area contributed by atoms with Crippen molar-refractivity contribution in [2.24, 2.45) is 16.7 Å². The summed E-state index contributed by atoms with van der Waals surface area (Å²) in [5.41, 5.74) is 1.41. The summed E-state index contributed by atoms with van der Waals surface area (Å²) >= 11 is 0. The third-order valence-corrected chi connectivity index (χ3v) is 5.46. The van der Waals surface area contributed by atoms with E-state index in [1.807, 2.05) is 0 Å². The van der Waals surface area contributed by atoms with E-state index in [0.29, 0.717) is 5.92 Å². The fourth-order valence-corrected chi connectivity index (χ4v) is 4.36. The fourth-order valence-electron chi connectivity index (χ4n) is 4.36. The third kappa shape index (κ3) is 1.93. The van der Waals surface area contributed by atoms with Crippen LogP contribution in [-0.2, 0) is 14.2 Å². The fraction of sp³-hybridized carbons (Fsp3) is 0.667. The van der Waals surface area contributed by atoms with Crippen molar-refractivity contribution in [3.63, 3.8) is 0 Å². The SMILES string of the molecule is COC1=CCC(C)(C)C2=CC(OC)=C3OCCC[C@H]3[C@@]12C. The van der Waals surface area contributed by atoms with Gasteiger partial charge < -0.3 is 14.2 Å². The number of ether oxygens (including phenoxy) is 3. The Hall–Kier alpha value is -1.38. The predicted molar refractivity (Wildman–Crippen MR) is 82.4 cm³/mol. The molecule has 0 bridgehead atoms. The van der Waals surface area contributed by atoms with Crippen LogP contribution in [0.3, 0.4) is 0 Å². The summed E-state index contributed by atoms with van der Waals surface area (Å²) in [5, 5.41) is 0. The minimum absolute atomic E-state index is 0.115. The summed E-state index contributed by atoms with van der Waals surface area (Å²) in [7, 11) is 3.52. The molecule has 3 heteroatoms. The Morgan fingerprint density at radius 1 is 1.19 bits per heavy atom. The van der Waals surface area contributed by atoms with Crippen LogP contribution in [0.5, 0.6) is 0 Å². The summed E-state index contributed by atoms with van der Waals surface area (Å²) < 4.78 is 17.4. The first kappa shape index (κ1) is 14.6. The Balaban J connectivity index is 2.21. The van der Waals surface area contributed by atoms with Crippen molar-refractivity contribution in [2.75, 3.05) is 20.8 Å². The molecule has 0 spiro atoms. The molecule has 1 fully saturated rings. The number of methoxy groups -OCH3 is 2. The van der Waals surface area contributed by atoms with Crippen LogP contribution in [0.4, 0.5) is 0 Å². The molecule has 21 heavy (non-hydrogen) atoms. The molecule has 1 saturated heterocycles. The first-order chi connectivity index (χ1) is 9.95. The average molecular weight is 290 g/mol. The lowest BCUT2D eigenvalue weighted by Gasteiger charge is -2.52. The van der Waals surface area contributed by atoms with E-state index in [9.17, 15) is 0 Å². The maximum atomic E-state index is 5.99. The Bertz CT molecular complexity index is 539. The van der Waals surface area contributed by atoms with Crippen LogP contribution in [0.2, 0.25) is 0 Å². The van der Waals surface area contributed by atoms with Crippen LogP contribution >= 0.6 is 0 Å². The van der Waals surface area contributed by atoms with Crippen molar-refractivity contribution in [1.29, 1.82) is 0 Å². The van der Waals surface area contributed by atoms with Gasteiger partial charge in [0.2, 0.25) is 0 Å². The van der Waals surface area contributed by atoms with Crippen LogP contribution < -0.4 is 0 Å². The average Bonchev–Trinajstić information content (AvgIpc) is 2.47. The molecule has 0 aromatic heterocycles. The predicted octanol–water partition coefficient (Wildman–Crippen LogP) is 4.18. The Morgan fingerprint density at radius 2 is 1.95 bits per heavy atom. The van der Waals surface area contributed by atoms with Crippen LogP contribution in [0, 0.1) is 16.7 Å². The second-order valence-corrected chi connectivity index (χ2v) is 7.10. The van der Waals surface area contributed by atoms with Gasteiger partial charge in [-0.2, -0.15) is 0 Å². The summed E-state index contributed by atoms with van der Waals surface area (Å²) in [5.74, 6) is 3.30. The minimum atomic E-state index is -0.117. The molecular weight excluding hydrogens is 264 g/mol. The maximum absolute atomic E-state index is 5.99. The van der Waals surface area contributed by atoms with Crippen molar-refractivity contribution in [1.82, 2.24) is 0 Å². The molecule has 2 atom stereocenters. The van der Waals surface area contributed by atoms with Crippen LogP contribution in [0.15, 0.2) is 35.0 Å². The monoisotopic (exact) mass is 290 g/mol. The molecule has 0 aromatic carbocycles. The van der Waals surface area contributed by atoms with E-state index in [4.69, 9.17) is 14.2 Å². The molecule has 3 aliphatic rings. The van der Waals surface area contributed by atoms with Gasteiger partial charge in [-0.05, 0) is 49.3 Å². The Labute approximate surface area is 127 Å². The molecule has 3 nitrogen and oxygen atoms in total. The number of hydrogen-bond donors (Lipinski definition) is 0. The summed E-state index contributed by atoms with van der Waals surface area (Å²) in [4.78, 5) is 0. The van der Waals surface area contributed by atoms with Gasteiger partial charge in [-0.1, -0.05) is 13.8 Å². The minimum Gasteiger partial charge on any atom is -0.500 e. The van der Waals surface area contributed by atoms with Gasteiger partial charge in [0.05, 0.1) is 26.2 Å². The maximum Gasteiger partial charge on any atom is 0.156 e. The first-order valence-corrected chi connectivity index (χ1v) is 7.83. The van der Waals surface area contributed by atoms with Gasteiger partial charge in [0, 0.05) is 5.92 Å². The van der Waals surface area contributed by atoms with Crippen molar-refractivity contribution in [3.8, 4) is 0 Å². The highest BCUT2D eigenvalue weighted by Crippen LogP contribution is 2.60. The molecule has 1 aliphatic heterocycles. The normalized spacial score (nSPS) is 34.0. The van der Waals surface area contributed by atoms with Gasteiger partial charge in [0.1, 0.15) is 11.5 Å². The largest absolute Gasteiger partial charge is 0.500 e. The van der Waals surface area contributed by atoms with Gasteiger partial charge in [-0.15, -0.1) is 0 Å². The van der Waals surface area contributed by atoms with E-state index >= 15 is 0 Å². The van der Waals surface area contributed by atoms with Gasteiger partial charge >= 0.3 is 0 Å². The molecule has 0 N–H and O–H groups in total. The second kappa shape index (κ2) is 4.82. The zero-order valence-electron chi connectivity index (χ0n) is 13.8. The highest BCUT2D eigenvalue weighted by atomic mass is 16.5. The molecule has 0 saturated carbocycles. The second-order valence-electron chi connectivity index (χ2n) is 7.10. The zero-order chi connectivity index (χ0) is 15.3. The number of hydrogen-bond acceptors (Lipinski definition) is 3. The topological polar surface area (TPSA) is 27.7 Å². The zero-order valence-corrected chi connectivity index (χ0v) is 13.8. The van der Waals surface area contributed by atoms with E-state index < -0.39 is 0 Å². The lowest BCUT2D eigenvalue weighted by molar-refractivity contribution is 0.0319. The Morgan fingerprint density at radius 3 is 2.62 bits per heavy atom. The summed E-state index contributed by atoms with van der Waals surface area (Å²) in [6.07, 6.45) is 7.67. The molecular formula is C18H26O3. The van der Waals surface area contributed by atoms with Gasteiger partial charge in [0.15, 0.2) is 5.76 Å². The molecule has 0 radical (unpaired) electrons. The number of rotatable bonds is 2. The van der Waals surface area contributed by atoms with E-state index in [-0.39, 0.29) is 10.8 Å². The standard InChI is InChI=1S/C18H26O3/c1-17(2)9-8-15(20-5)18(3)12-7-6-10-21-16(12)13(19-4)11-14(17)18/h8,11-12H,6-7,9-10H2,1-5H3/t12-,18-/m1/s1. The van der Waals surface area contributed by atoms with Crippen molar-refractivity contribution in [3.05, 3.63) is 35.0 Å². The van der Waals surface area contributed by atoms with E-state index in [2.05, 4.69) is 32.9 Å². The van der Waals surface area contributed by atoms with E-state index in [0.717, 1.165) is 43.1 Å². The Kier molecular flexibility index (Phi) is 3.34. The summed E-state index contributed by atoms with van der Waals surface area (Å²) in [6.45, 7) is 7.71.